The average molecular weight is 491 g/mol. The topological polar surface area (TPSA) is 58.0 Å². The van der Waals surface area contributed by atoms with Gasteiger partial charge >= 0.3 is 6.03 Å². The lowest BCUT2D eigenvalue weighted by Crippen LogP contribution is -2.49. The average Bonchev–Trinajstić information content (AvgIpc) is 3.32. The van der Waals surface area contributed by atoms with Gasteiger partial charge in [0.2, 0.25) is 5.91 Å². The fraction of sp³-hybridized carbons (Fsp3) is 0.379. The normalized spacial score (nSPS) is 11.6. The summed E-state index contributed by atoms with van der Waals surface area (Å²) in [5.41, 5.74) is 3.19. The van der Waals surface area contributed by atoms with Crippen LogP contribution in [0.5, 0.6) is 5.75 Å². The molecule has 192 valence electrons. The highest BCUT2D eigenvalue weighted by atomic mass is 16.5. The molecule has 0 aliphatic carbocycles. The van der Waals surface area contributed by atoms with Gasteiger partial charge in [-0.2, -0.15) is 0 Å². The quantitative estimate of drug-likeness (QED) is 0.386. The van der Waals surface area contributed by atoms with E-state index in [1.54, 1.807) is 26.1 Å². The zero-order valence-electron chi connectivity index (χ0n) is 22.1. The summed E-state index contributed by atoms with van der Waals surface area (Å²) in [5, 5.41) is 0. The van der Waals surface area contributed by atoms with Gasteiger partial charge in [0, 0.05) is 45.1 Å². The Morgan fingerprint density at radius 2 is 1.67 bits per heavy atom. The maximum absolute atomic E-state index is 13.7. The minimum absolute atomic E-state index is 0.0371. The number of carbonyl (C=O) groups excluding carboxylic acids is 2. The molecule has 3 amide bonds. The molecule has 0 saturated carbocycles. The number of urea groups is 1. The summed E-state index contributed by atoms with van der Waals surface area (Å²) in [4.78, 5) is 31.6. The van der Waals surface area contributed by atoms with Crippen LogP contribution in [0.2, 0.25) is 0 Å². The van der Waals surface area contributed by atoms with Crippen molar-refractivity contribution < 1.29 is 14.3 Å². The van der Waals surface area contributed by atoms with Gasteiger partial charge in [0.15, 0.2) is 0 Å². The van der Waals surface area contributed by atoms with Crippen molar-refractivity contribution >= 4 is 11.9 Å². The third-order valence-corrected chi connectivity index (χ3v) is 6.39. The first-order chi connectivity index (χ1) is 17.3. The molecule has 1 heterocycles. The summed E-state index contributed by atoms with van der Waals surface area (Å²) in [5.74, 6) is 0.737. The number of methoxy groups -OCH3 is 1. The maximum atomic E-state index is 13.7. The van der Waals surface area contributed by atoms with Crippen LogP contribution in [-0.4, -0.2) is 65.0 Å². The minimum atomic E-state index is -0.154. The molecule has 1 atom stereocenters. The van der Waals surface area contributed by atoms with Crippen molar-refractivity contribution in [2.45, 2.75) is 45.9 Å². The number of hydrogen-bond acceptors (Lipinski definition) is 3. The first-order valence-electron chi connectivity index (χ1n) is 12.4. The van der Waals surface area contributed by atoms with Crippen LogP contribution in [0.25, 0.3) is 0 Å². The second-order valence-corrected chi connectivity index (χ2v) is 9.28. The zero-order valence-corrected chi connectivity index (χ0v) is 22.1. The van der Waals surface area contributed by atoms with Crippen LogP contribution in [0.1, 0.15) is 37.1 Å². The molecule has 7 heteroatoms. The van der Waals surface area contributed by atoms with Crippen molar-refractivity contribution in [3.05, 3.63) is 89.7 Å². The van der Waals surface area contributed by atoms with E-state index in [0.29, 0.717) is 19.6 Å². The van der Waals surface area contributed by atoms with Crippen LogP contribution in [0, 0.1) is 0 Å². The largest absolute Gasteiger partial charge is 0.497 e. The van der Waals surface area contributed by atoms with Crippen molar-refractivity contribution in [1.82, 2.24) is 19.3 Å². The predicted molar refractivity (Wildman–Crippen MR) is 143 cm³/mol. The summed E-state index contributed by atoms with van der Waals surface area (Å²) >= 11 is 0. The van der Waals surface area contributed by atoms with Gasteiger partial charge in [0.1, 0.15) is 12.3 Å². The maximum Gasteiger partial charge on any atom is 0.320 e. The molecule has 3 aromatic rings. The van der Waals surface area contributed by atoms with Crippen molar-refractivity contribution in [2.24, 2.45) is 0 Å². The summed E-state index contributed by atoms with van der Waals surface area (Å²) in [6.07, 6.45) is 2.80. The zero-order chi connectivity index (χ0) is 26.1. The molecule has 0 N–H and O–H groups in total. The lowest BCUT2D eigenvalue weighted by molar-refractivity contribution is -0.133. The van der Waals surface area contributed by atoms with Crippen LogP contribution < -0.4 is 4.74 Å². The number of hydrogen-bond donors (Lipinski definition) is 0. The van der Waals surface area contributed by atoms with Crippen LogP contribution in [-0.2, 0) is 24.4 Å². The molecule has 0 radical (unpaired) electrons. The SMILES string of the molecule is CCC(C)N(CC(=O)N(Cc1ccccc1)Cc1cccn1Cc1cccc(OC)c1)C(=O)N(C)C. The standard InChI is InChI=1S/C29H38N4O3/c1-6-23(2)33(29(35)30(3)4)22-28(34)32(19-24-12-8-7-9-13-24)21-26-15-11-17-31(26)20-25-14-10-16-27(18-25)36-5/h7-18,23H,6,19-22H2,1-5H3. The highest BCUT2D eigenvalue weighted by Crippen LogP contribution is 2.18. The monoisotopic (exact) mass is 490 g/mol. The third-order valence-electron chi connectivity index (χ3n) is 6.39. The number of rotatable bonds is 11. The molecular weight excluding hydrogens is 452 g/mol. The Morgan fingerprint density at radius 1 is 0.944 bits per heavy atom. The van der Waals surface area contributed by atoms with Gasteiger partial charge in [0.25, 0.3) is 0 Å². The number of aromatic nitrogens is 1. The Bertz CT molecular complexity index is 1130. The van der Waals surface area contributed by atoms with E-state index in [4.69, 9.17) is 4.74 Å². The molecule has 36 heavy (non-hydrogen) atoms. The molecule has 3 rings (SSSR count). The van der Waals surface area contributed by atoms with Gasteiger partial charge in [-0.3, -0.25) is 4.79 Å². The number of nitrogens with zero attached hydrogens (tertiary/aromatic N) is 4. The number of carbonyl (C=O) groups is 2. The highest BCUT2D eigenvalue weighted by molar-refractivity contribution is 5.84. The highest BCUT2D eigenvalue weighted by Gasteiger charge is 2.26. The Morgan fingerprint density at radius 3 is 2.33 bits per heavy atom. The molecule has 7 nitrogen and oxygen atoms in total. The van der Waals surface area contributed by atoms with E-state index in [0.717, 1.165) is 29.0 Å². The first kappa shape index (κ1) is 26.9. The molecule has 1 aromatic heterocycles. The fourth-order valence-electron chi connectivity index (χ4n) is 4.08. The van der Waals surface area contributed by atoms with E-state index in [1.165, 1.54) is 4.90 Å². The molecule has 2 aromatic carbocycles. The number of ether oxygens (including phenoxy) is 1. The number of amides is 3. The lowest BCUT2D eigenvalue weighted by Gasteiger charge is -2.33. The molecule has 0 aliphatic heterocycles. The summed E-state index contributed by atoms with van der Waals surface area (Å²) in [7, 11) is 5.10. The summed E-state index contributed by atoms with van der Waals surface area (Å²) in [6.45, 7) is 5.62. The van der Waals surface area contributed by atoms with Crippen LogP contribution in [0.3, 0.4) is 0 Å². The molecule has 0 fully saturated rings. The Hall–Kier alpha value is -3.74. The van der Waals surface area contributed by atoms with Gasteiger partial charge in [-0.15, -0.1) is 0 Å². The van der Waals surface area contributed by atoms with Crippen molar-refractivity contribution in [1.29, 1.82) is 0 Å². The molecule has 0 spiro atoms. The second kappa shape index (κ2) is 12.8. The first-order valence-corrected chi connectivity index (χ1v) is 12.4. The van der Waals surface area contributed by atoms with Gasteiger partial charge in [0.05, 0.1) is 13.7 Å². The van der Waals surface area contributed by atoms with E-state index in [-0.39, 0.29) is 24.5 Å². The second-order valence-electron chi connectivity index (χ2n) is 9.28. The van der Waals surface area contributed by atoms with E-state index in [9.17, 15) is 9.59 Å². The van der Waals surface area contributed by atoms with Crippen molar-refractivity contribution in [3.8, 4) is 5.75 Å². The molecular formula is C29H38N4O3. The summed E-state index contributed by atoms with van der Waals surface area (Å²) < 4.78 is 7.52. The number of benzene rings is 2. The van der Waals surface area contributed by atoms with Crippen molar-refractivity contribution in [2.75, 3.05) is 27.7 Å². The molecule has 1 unspecified atom stereocenters. The Kier molecular flexibility index (Phi) is 9.56. The van der Waals surface area contributed by atoms with Gasteiger partial charge in [-0.25, -0.2) is 4.79 Å². The fourth-order valence-corrected chi connectivity index (χ4v) is 4.08. The van der Waals surface area contributed by atoms with E-state index < -0.39 is 0 Å². The van der Waals surface area contributed by atoms with Crippen molar-refractivity contribution in [3.63, 3.8) is 0 Å². The van der Waals surface area contributed by atoms with Crippen LogP contribution in [0.4, 0.5) is 4.79 Å². The third kappa shape index (κ3) is 7.13. The van der Waals surface area contributed by atoms with Crippen LogP contribution in [0.15, 0.2) is 72.9 Å². The summed E-state index contributed by atoms with van der Waals surface area (Å²) in [6, 6.07) is 21.8. The predicted octanol–water partition coefficient (Wildman–Crippen LogP) is 4.86. The molecule has 0 saturated heterocycles. The minimum Gasteiger partial charge on any atom is -0.497 e. The van der Waals surface area contributed by atoms with Gasteiger partial charge in [-0.05, 0) is 48.7 Å². The van der Waals surface area contributed by atoms with Gasteiger partial charge in [-0.1, -0.05) is 49.4 Å². The molecule has 0 aliphatic rings. The Labute approximate surface area is 214 Å². The lowest BCUT2D eigenvalue weighted by atomic mass is 10.2. The smallest absolute Gasteiger partial charge is 0.320 e. The van der Waals surface area contributed by atoms with Crippen LogP contribution >= 0.6 is 0 Å². The van der Waals surface area contributed by atoms with E-state index >= 15 is 0 Å². The van der Waals surface area contributed by atoms with Gasteiger partial charge < -0.3 is 24.0 Å². The Balaban J connectivity index is 1.85. The molecule has 0 bridgehead atoms. The van der Waals surface area contributed by atoms with E-state index in [1.807, 2.05) is 85.6 Å². The van der Waals surface area contributed by atoms with E-state index in [2.05, 4.69) is 10.6 Å².